The highest BCUT2D eigenvalue weighted by atomic mass is 16.4. The molecule has 0 aliphatic heterocycles. The summed E-state index contributed by atoms with van der Waals surface area (Å²) in [5.74, 6) is -0.307. The van der Waals surface area contributed by atoms with E-state index in [9.17, 15) is 4.79 Å². The number of carboxylic acid groups (broad SMARTS) is 1. The average Bonchev–Trinajstić information content (AvgIpc) is 3.18. The molecular formula is C17H17NO2. The molecule has 3 rings (SSSR count). The minimum Gasteiger partial charge on any atom is -0.478 e. The van der Waals surface area contributed by atoms with Crippen LogP contribution in [-0.4, -0.2) is 17.1 Å². The van der Waals surface area contributed by atoms with E-state index in [1.54, 1.807) is 6.07 Å². The van der Waals surface area contributed by atoms with Crippen LogP contribution < -0.4 is 5.32 Å². The summed E-state index contributed by atoms with van der Waals surface area (Å²) >= 11 is 0. The fourth-order valence-electron chi connectivity index (χ4n) is 2.63. The van der Waals surface area contributed by atoms with Gasteiger partial charge in [-0.1, -0.05) is 30.3 Å². The smallest absolute Gasteiger partial charge is 0.335 e. The summed E-state index contributed by atoms with van der Waals surface area (Å²) in [6, 6.07) is 16.3. The van der Waals surface area contributed by atoms with E-state index in [0.717, 1.165) is 17.7 Å². The number of hydrogen-bond donors (Lipinski definition) is 2. The topological polar surface area (TPSA) is 49.3 Å². The van der Waals surface area contributed by atoms with E-state index in [-0.39, 0.29) is 0 Å². The number of carbonyl (C=O) groups is 1. The Morgan fingerprint density at radius 1 is 1.20 bits per heavy atom. The molecule has 0 amide bonds. The molecule has 2 aromatic rings. The zero-order valence-corrected chi connectivity index (χ0v) is 11.3. The molecule has 0 bridgehead atoms. The van der Waals surface area contributed by atoms with E-state index >= 15 is 0 Å². The lowest BCUT2D eigenvalue weighted by atomic mass is 10.1. The second-order valence-electron chi connectivity index (χ2n) is 5.34. The largest absolute Gasteiger partial charge is 0.478 e. The molecule has 1 aliphatic rings. The Morgan fingerprint density at radius 2 is 1.95 bits per heavy atom. The van der Waals surface area contributed by atoms with E-state index in [1.165, 1.54) is 5.56 Å². The molecule has 0 aromatic heterocycles. The summed E-state index contributed by atoms with van der Waals surface area (Å²) in [6.07, 6.45) is 1.13. The van der Waals surface area contributed by atoms with Gasteiger partial charge in [0.2, 0.25) is 0 Å². The molecule has 3 nitrogen and oxygen atoms in total. The summed E-state index contributed by atoms with van der Waals surface area (Å²) in [5, 5.41) is 12.5. The van der Waals surface area contributed by atoms with Crippen LogP contribution in [0.3, 0.4) is 0 Å². The summed E-state index contributed by atoms with van der Waals surface area (Å²) in [5.41, 5.74) is 3.52. The molecule has 3 heteroatoms. The van der Waals surface area contributed by atoms with Crippen LogP contribution in [0.15, 0.2) is 48.5 Å². The predicted octanol–water partition coefficient (Wildman–Crippen LogP) is 3.66. The van der Waals surface area contributed by atoms with Crippen molar-refractivity contribution in [3.63, 3.8) is 0 Å². The molecule has 0 spiro atoms. The number of hydrogen-bond acceptors (Lipinski definition) is 2. The van der Waals surface area contributed by atoms with Gasteiger partial charge in [-0.05, 0) is 42.7 Å². The van der Waals surface area contributed by atoms with Crippen LogP contribution in [0.1, 0.15) is 33.8 Å². The monoisotopic (exact) mass is 267 g/mol. The number of aromatic carboxylic acids is 1. The SMILES string of the molecule is Cc1cc(NC2CC2c2ccccc2)ccc1C(=O)O. The third kappa shape index (κ3) is 2.52. The van der Waals surface area contributed by atoms with Gasteiger partial charge in [0.25, 0.3) is 0 Å². The van der Waals surface area contributed by atoms with Crippen molar-refractivity contribution in [2.24, 2.45) is 0 Å². The quantitative estimate of drug-likeness (QED) is 0.888. The van der Waals surface area contributed by atoms with Gasteiger partial charge in [0.15, 0.2) is 0 Å². The third-order valence-electron chi connectivity index (χ3n) is 3.83. The van der Waals surface area contributed by atoms with Gasteiger partial charge in [-0.3, -0.25) is 0 Å². The van der Waals surface area contributed by atoms with Crippen molar-refractivity contribution in [1.29, 1.82) is 0 Å². The number of benzene rings is 2. The maximum atomic E-state index is 11.0. The normalized spacial score (nSPS) is 20.4. The maximum Gasteiger partial charge on any atom is 0.335 e. The minimum atomic E-state index is -0.873. The Bertz CT molecular complexity index is 637. The van der Waals surface area contributed by atoms with Crippen LogP contribution in [0.4, 0.5) is 5.69 Å². The maximum absolute atomic E-state index is 11.0. The molecule has 2 aromatic carbocycles. The highest BCUT2D eigenvalue weighted by Gasteiger charge is 2.38. The number of rotatable bonds is 4. The molecule has 1 fully saturated rings. The lowest BCUT2D eigenvalue weighted by molar-refractivity contribution is 0.0696. The van der Waals surface area contributed by atoms with Crippen molar-refractivity contribution < 1.29 is 9.90 Å². The Hall–Kier alpha value is -2.29. The van der Waals surface area contributed by atoms with Gasteiger partial charge in [0, 0.05) is 17.6 Å². The summed E-state index contributed by atoms with van der Waals surface area (Å²) in [7, 11) is 0. The number of anilines is 1. The second-order valence-corrected chi connectivity index (χ2v) is 5.34. The van der Waals surface area contributed by atoms with Crippen LogP contribution in [0.25, 0.3) is 0 Å². The van der Waals surface area contributed by atoms with Crippen molar-refractivity contribution >= 4 is 11.7 Å². The van der Waals surface area contributed by atoms with Gasteiger partial charge < -0.3 is 10.4 Å². The van der Waals surface area contributed by atoms with Gasteiger partial charge in [-0.2, -0.15) is 0 Å². The third-order valence-corrected chi connectivity index (χ3v) is 3.83. The zero-order chi connectivity index (χ0) is 14.1. The van der Waals surface area contributed by atoms with Gasteiger partial charge >= 0.3 is 5.97 Å². The van der Waals surface area contributed by atoms with Gasteiger partial charge in [-0.25, -0.2) is 4.79 Å². The first-order chi connectivity index (χ1) is 9.65. The molecule has 20 heavy (non-hydrogen) atoms. The molecule has 2 N–H and O–H groups in total. The van der Waals surface area contributed by atoms with Crippen LogP contribution in [0.2, 0.25) is 0 Å². The van der Waals surface area contributed by atoms with E-state index in [4.69, 9.17) is 5.11 Å². The number of carboxylic acids is 1. The van der Waals surface area contributed by atoms with Crippen molar-refractivity contribution in [2.45, 2.75) is 25.3 Å². The standard InChI is InChI=1S/C17H17NO2/c1-11-9-13(7-8-14(11)17(19)20)18-16-10-15(16)12-5-3-2-4-6-12/h2-9,15-16,18H,10H2,1H3,(H,19,20). The van der Waals surface area contributed by atoms with E-state index < -0.39 is 5.97 Å². The Morgan fingerprint density at radius 3 is 2.60 bits per heavy atom. The van der Waals surface area contributed by atoms with Crippen LogP contribution in [0, 0.1) is 6.92 Å². The van der Waals surface area contributed by atoms with Crippen LogP contribution in [0.5, 0.6) is 0 Å². The average molecular weight is 267 g/mol. The number of nitrogens with one attached hydrogen (secondary N) is 1. The van der Waals surface area contributed by atoms with E-state index in [0.29, 0.717) is 17.5 Å². The molecule has 0 saturated heterocycles. The second kappa shape index (κ2) is 5.00. The summed E-state index contributed by atoms with van der Waals surface area (Å²) in [6.45, 7) is 1.83. The van der Waals surface area contributed by atoms with E-state index in [1.807, 2.05) is 25.1 Å². The van der Waals surface area contributed by atoms with Crippen LogP contribution in [-0.2, 0) is 0 Å². The number of aryl methyl sites for hydroxylation is 1. The molecule has 2 atom stereocenters. The Balaban J connectivity index is 1.68. The van der Waals surface area contributed by atoms with Crippen LogP contribution >= 0.6 is 0 Å². The fraction of sp³-hybridized carbons (Fsp3) is 0.235. The molecule has 2 unspecified atom stereocenters. The van der Waals surface area contributed by atoms with Gasteiger partial charge in [-0.15, -0.1) is 0 Å². The Labute approximate surface area is 118 Å². The van der Waals surface area contributed by atoms with Gasteiger partial charge in [0.05, 0.1) is 5.56 Å². The first-order valence-electron chi connectivity index (χ1n) is 6.80. The lowest BCUT2D eigenvalue weighted by Gasteiger charge is -2.08. The minimum absolute atomic E-state index is 0.367. The van der Waals surface area contributed by atoms with Crippen molar-refractivity contribution in [3.05, 3.63) is 65.2 Å². The highest BCUT2D eigenvalue weighted by Crippen LogP contribution is 2.42. The zero-order valence-electron chi connectivity index (χ0n) is 11.3. The van der Waals surface area contributed by atoms with Crippen molar-refractivity contribution in [2.75, 3.05) is 5.32 Å². The molecule has 102 valence electrons. The molecule has 0 heterocycles. The highest BCUT2D eigenvalue weighted by molar-refractivity contribution is 5.89. The van der Waals surface area contributed by atoms with Crippen molar-refractivity contribution in [1.82, 2.24) is 0 Å². The Kier molecular flexibility index (Phi) is 3.18. The first kappa shape index (κ1) is 12.7. The first-order valence-corrected chi connectivity index (χ1v) is 6.80. The summed E-state index contributed by atoms with van der Waals surface area (Å²) < 4.78 is 0. The molecule has 1 aliphatic carbocycles. The van der Waals surface area contributed by atoms with Crippen molar-refractivity contribution in [3.8, 4) is 0 Å². The fourth-order valence-corrected chi connectivity index (χ4v) is 2.63. The van der Waals surface area contributed by atoms with E-state index in [2.05, 4.69) is 29.6 Å². The molecule has 0 radical (unpaired) electrons. The van der Waals surface area contributed by atoms with Gasteiger partial charge in [0.1, 0.15) is 0 Å². The lowest BCUT2D eigenvalue weighted by Crippen LogP contribution is -2.06. The molecule has 1 saturated carbocycles. The summed E-state index contributed by atoms with van der Waals surface area (Å²) in [4.78, 5) is 11.0. The molecular weight excluding hydrogens is 250 g/mol. The predicted molar refractivity (Wildman–Crippen MR) is 79.3 cm³/mol.